The van der Waals surface area contributed by atoms with Crippen molar-refractivity contribution >= 4 is 21.6 Å². The summed E-state index contributed by atoms with van der Waals surface area (Å²) in [5.41, 5.74) is 1.31. The summed E-state index contributed by atoms with van der Waals surface area (Å²) in [6.45, 7) is 2.09. The third kappa shape index (κ3) is 3.81. The molecule has 1 saturated heterocycles. The molecule has 3 aromatic rings. The molecule has 4 rings (SSSR count). The fourth-order valence-electron chi connectivity index (χ4n) is 3.38. The van der Waals surface area contributed by atoms with Gasteiger partial charge in [0.1, 0.15) is 18.2 Å². The molecule has 30 heavy (non-hydrogen) atoms. The Kier molecular flexibility index (Phi) is 5.31. The van der Waals surface area contributed by atoms with Gasteiger partial charge in [-0.25, -0.2) is 17.5 Å². The molecule has 1 amide bonds. The fraction of sp³-hybridized carbons (Fsp3) is 0.263. The Bertz CT molecular complexity index is 1170. The number of amides is 1. The van der Waals surface area contributed by atoms with Crippen molar-refractivity contribution in [2.24, 2.45) is 0 Å². The number of carbonyl (C=O) groups is 1. The second-order valence-electron chi connectivity index (χ2n) is 6.99. The van der Waals surface area contributed by atoms with Crippen LogP contribution in [0.5, 0.6) is 0 Å². The zero-order valence-electron chi connectivity index (χ0n) is 16.1. The van der Waals surface area contributed by atoms with E-state index in [0.29, 0.717) is 18.5 Å². The van der Waals surface area contributed by atoms with E-state index >= 15 is 0 Å². The Morgan fingerprint density at radius 3 is 2.67 bits per heavy atom. The lowest BCUT2D eigenvalue weighted by Gasteiger charge is -2.23. The fourth-order valence-corrected chi connectivity index (χ4v) is 5.04. The quantitative estimate of drug-likeness (QED) is 0.662. The molecule has 0 saturated carbocycles. The summed E-state index contributed by atoms with van der Waals surface area (Å²) < 4.78 is 42.9. The summed E-state index contributed by atoms with van der Waals surface area (Å²) in [7, 11) is -3.85. The van der Waals surface area contributed by atoms with E-state index in [9.17, 15) is 17.6 Å². The average Bonchev–Trinajstić information content (AvgIpc) is 3.42. The third-order valence-electron chi connectivity index (χ3n) is 4.96. The minimum Gasteiger partial charge on any atom is -0.322 e. The maximum absolute atomic E-state index is 14.3. The normalized spacial score (nSPS) is 17.2. The first-order valence-electron chi connectivity index (χ1n) is 9.28. The van der Waals surface area contributed by atoms with Crippen LogP contribution >= 0.6 is 0 Å². The SMILES string of the molecule is Cc1ccc(S(=O)(=O)N2CCC[C@H]2C(=O)Nc2cc(-n3cnnn3)ccc2F)cc1. The number of hydrogen-bond acceptors (Lipinski definition) is 6. The molecule has 0 spiro atoms. The Labute approximate surface area is 172 Å². The zero-order valence-corrected chi connectivity index (χ0v) is 16.9. The lowest BCUT2D eigenvalue weighted by molar-refractivity contribution is -0.119. The Hall–Kier alpha value is -3.18. The van der Waals surface area contributed by atoms with Gasteiger partial charge in [-0.3, -0.25) is 4.79 Å². The van der Waals surface area contributed by atoms with Crippen molar-refractivity contribution in [3.8, 4) is 5.69 Å². The van der Waals surface area contributed by atoms with Gasteiger partial charge in [-0.15, -0.1) is 5.10 Å². The molecule has 156 valence electrons. The van der Waals surface area contributed by atoms with Crippen molar-refractivity contribution < 1.29 is 17.6 Å². The average molecular weight is 430 g/mol. The molecule has 11 heteroatoms. The van der Waals surface area contributed by atoms with E-state index in [4.69, 9.17) is 0 Å². The van der Waals surface area contributed by atoms with Gasteiger partial charge in [0.15, 0.2) is 0 Å². The summed E-state index contributed by atoms with van der Waals surface area (Å²) in [5, 5.41) is 13.3. The van der Waals surface area contributed by atoms with Crippen molar-refractivity contribution in [1.29, 1.82) is 0 Å². The molecule has 9 nitrogen and oxygen atoms in total. The van der Waals surface area contributed by atoms with Gasteiger partial charge in [-0.05, 0) is 60.5 Å². The van der Waals surface area contributed by atoms with Crippen molar-refractivity contribution in [2.45, 2.75) is 30.7 Å². The summed E-state index contributed by atoms with van der Waals surface area (Å²) in [5.74, 6) is -1.23. The van der Waals surface area contributed by atoms with Crippen LogP contribution in [0.2, 0.25) is 0 Å². The number of halogens is 1. The molecule has 0 aliphatic carbocycles. The molecule has 2 heterocycles. The summed E-state index contributed by atoms with van der Waals surface area (Å²) in [6, 6.07) is 9.56. The van der Waals surface area contributed by atoms with E-state index in [2.05, 4.69) is 20.8 Å². The maximum Gasteiger partial charge on any atom is 0.243 e. The number of nitrogens with one attached hydrogen (secondary N) is 1. The Morgan fingerprint density at radius 2 is 1.97 bits per heavy atom. The molecule has 2 aromatic carbocycles. The largest absolute Gasteiger partial charge is 0.322 e. The van der Waals surface area contributed by atoms with Crippen molar-refractivity contribution in [3.63, 3.8) is 0 Å². The predicted octanol–water partition coefficient (Wildman–Crippen LogP) is 1.90. The first kappa shape index (κ1) is 20.1. The van der Waals surface area contributed by atoms with Gasteiger partial charge in [0.05, 0.1) is 16.3 Å². The highest BCUT2D eigenvalue weighted by atomic mass is 32.2. The number of aryl methyl sites for hydroxylation is 1. The van der Waals surface area contributed by atoms with Gasteiger partial charge in [-0.2, -0.15) is 4.31 Å². The Morgan fingerprint density at radius 1 is 1.20 bits per heavy atom. The number of sulfonamides is 1. The number of hydrogen-bond donors (Lipinski definition) is 1. The first-order valence-corrected chi connectivity index (χ1v) is 10.7. The van der Waals surface area contributed by atoms with Crippen LogP contribution in [0.4, 0.5) is 10.1 Å². The lowest BCUT2D eigenvalue weighted by Crippen LogP contribution is -2.43. The number of benzene rings is 2. The Balaban J connectivity index is 1.57. The topological polar surface area (TPSA) is 110 Å². The standard InChI is InChI=1S/C19H19FN6O3S/c1-13-4-7-15(8-5-13)30(28,29)26-10-2-3-18(26)19(27)22-17-11-14(6-9-16(17)20)25-12-21-23-24-25/h4-9,11-12,18H,2-3,10H2,1H3,(H,22,27)/t18-/m0/s1. The highest BCUT2D eigenvalue weighted by molar-refractivity contribution is 7.89. The van der Waals surface area contributed by atoms with E-state index < -0.39 is 27.8 Å². The smallest absolute Gasteiger partial charge is 0.243 e. The number of anilines is 1. The van der Waals surface area contributed by atoms with E-state index in [1.54, 1.807) is 12.1 Å². The molecule has 1 aromatic heterocycles. The minimum absolute atomic E-state index is 0.0763. The molecular formula is C19H19FN6O3S. The molecule has 0 unspecified atom stereocenters. The number of aromatic nitrogens is 4. The molecule has 0 radical (unpaired) electrons. The molecular weight excluding hydrogens is 411 g/mol. The number of tetrazole rings is 1. The first-order chi connectivity index (χ1) is 14.4. The maximum atomic E-state index is 14.3. The van der Waals surface area contributed by atoms with Gasteiger partial charge in [0.25, 0.3) is 0 Å². The minimum atomic E-state index is -3.85. The zero-order chi connectivity index (χ0) is 21.3. The number of nitrogens with zero attached hydrogens (tertiary/aromatic N) is 5. The summed E-state index contributed by atoms with van der Waals surface area (Å²) in [6.07, 6.45) is 2.23. The number of carbonyl (C=O) groups excluding carboxylic acids is 1. The van der Waals surface area contributed by atoms with Crippen LogP contribution in [0.3, 0.4) is 0 Å². The van der Waals surface area contributed by atoms with Gasteiger partial charge in [0, 0.05) is 6.54 Å². The van der Waals surface area contributed by atoms with Crippen LogP contribution in [-0.4, -0.2) is 51.4 Å². The second-order valence-corrected chi connectivity index (χ2v) is 8.89. The van der Waals surface area contributed by atoms with Crippen molar-refractivity contribution in [1.82, 2.24) is 24.5 Å². The lowest BCUT2D eigenvalue weighted by atomic mass is 10.2. The molecule has 1 aliphatic rings. The molecule has 1 N–H and O–H groups in total. The molecule has 0 bridgehead atoms. The van der Waals surface area contributed by atoms with Gasteiger partial charge >= 0.3 is 0 Å². The van der Waals surface area contributed by atoms with E-state index in [1.165, 1.54) is 45.6 Å². The van der Waals surface area contributed by atoms with Crippen molar-refractivity contribution in [2.75, 3.05) is 11.9 Å². The van der Waals surface area contributed by atoms with Crippen molar-refractivity contribution in [3.05, 3.63) is 60.2 Å². The van der Waals surface area contributed by atoms with Crippen LogP contribution in [0.1, 0.15) is 18.4 Å². The molecule has 1 atom stereocenters. The van der Waals surface area contributed by atoms with Crippen LogP contribution < -0.4 is 5.32 Å². The number of rotatable bonds is 5. The predicted molar refractivity (Wildman–Crippen MR) is 106 cm³/mol. The molecule has 1 fully saturated rings. The van der Waals surface area contributed by atoms with E-state index in [0.717, 1.165) is 5.56 Å². The van der Waals surface area contributed by atoms with Crippen LogP contribution in [0.15, 0.2) is 53.7 Å². The monoisotopic (exact) mass is 430 g/mol. The van der Waals surface area contributed by atoms with Crippen LogP contribution in [0, 0.1) is 12.7 Å². The highest BCUT2D eigenvalue weighted by Crippen LogP contribution is 2.28. The third-order valence-corrected chi connectivity index (χ3v) is 6.88. The summed E-state index contributed by atoms with van der Waals surface area (Å²) in [4.78, 5) is 13.0. The van der Waals surface area contributed by atoms with Crippen LogP contribution in [-0.2, 0) is 14.8 Å². The highest BCUT2D eigenvalue weighted by Gasteiger charge is 2.39. The summed E-state index contributed by atoms with van der Waals surface area (Å²) >= 11 is 0. The van der Waals surface area contributed by atoms with Gasteiger partial charge in [-0.1, -0.05) is 17.7 Å². The van der Waals surface area contributed by atoms with E-state index in [-0.39, 0.29) is 17.1 Å². The van der Waals surface area contributed by atoms with E-state index in [1.807, 2.05) is 6.92 Å². The van der Waals surface area contributed by atoms with Gasteiger partial charge in [0.2, 0.25) is 15.9 Å². The second kappa shape index (κ2) is 7.92. The van der Waals surface area contributed by atoms with Gasteiger partial charge < -0.3 is 5.32 Å². The van der Waals surface area contributed by atoms with Crippen LogP contribution in [0.25, 0.3) is 5.69 Å². The molecule has 1 aliphatic heterocycles.